The Hall–Kier alpha value is -3.58. The average Bonchev–Trinajstić information content (AvgIpc) is 3.45. The molecule has 1 atom stereocenters. The number of benzene rings is 1. The fourth-order valence-corrected chi connectivity index (χ4v) is 6.01. The van der Waals surface area contributed by atoms with E-state index in [1.54, 1.807) is 19.5 Å². The summed E-state index contributed by atoms with van der Waals surface area (Å²) in [5.74, 6) is 0.981. The molecule has 2 fully saturated rings. The number of aromatic nitrogens is 4. The second-order valence-electron chi connectivity index (χ2n) is 11.4. The molecule has 0 bridgehead atoms. The lowest BCUT2D eigenvalue weighted by atomic mass is 9.90. The van der Waals surface area contributed by atoms with Crippen molar-refractivity contribution in [2.24, 2.45) is 0 Å². The zero-order chi connectivity index (χ0) is 30.0. The molecule has 228 valence electrons. The number of halogens is 3. The maximum Gasteiger partial charge on any atom is 0.416 e. The molecular weight excluding hydrogens is 559 g/mol. The fraction of sp³-hybridized carbons (Fsp3) is 0.452. The minimum absolute atomic E-state index is 0.462. The largest absolute Gasteiger partial charge is 0.480 e. The lowest BCUT2D eigenvalue weighted by molar-refractivity contribution is -0.137. The first-order valence-corrected chi connectivity index (χ1v) is 14.6. The molecule has 43 heavy (non-hydrogen) atoms. The number of piperidine rings is 1. The van der Waals surface area contributed by atoms with Crippen LogP contribution in [0.4, 0.5) is 13.2 Å². The van der Waals surface area contributed by atoms with E-state index in [0.29, 0.717) is 50.2 Å². The molecule has 0 saturated carbocycles. The summed E-state index contributed by atoms with van der Waals surface area (Å²) in [7, 11) is 1.58. The number of alkyl halides is 3. The highest BCUT2D eigenvalue weighted by atomic mass is 19.4. The number of fused-ring (bicyclic) bond motifs is 1. The van der Waals surface area contributed by atoms with Gasteiger partial charge in [0.2, 0.25) is 5.88 Å². The van der Waals surface area contributed by atoms with Gasteiger partial charge in [-0.25, -0.2) is 9.50 Å². The van der Waals surface area contributed by atoms with E-state index in [1.807, 2.05) is 21.7 Å². The number of methoxy groups -OCH3 is 1. The highest BCUT2D eigenvalue weighted by molar-refractivity contribution is 5.50. The van der Waals surface area contributed by atoms with Crippen LogP contribution in [-0.2, 0) is 19.3 Å². The van der Waals surface area contributed by atoms with Gasteiger partial charge in [-0.3, -0.25) is 19.7 Å². The van der Waals surface area contributed by atoms with Gasteiger partial charge in [-0.15, -0.1) is 0 Å². The topological polar surface area (TPSA) is 82.3 Å². The molecule has 1 unspecified atom stereocenters. The SMILES string of the molecule is COc1cnc(CN2CCC(c3ccn4nc(C(O)N5CCN(Cc6ccc(C(F)(F)F)cc6)CC5)cc4c3)CC2)cn1. The molecule has 12 heteroatoms. The quantitative estimate of drug-likeness (QED) is 0.322. The number of nitrogens with zero attached hydrogens (tertiary/aromatic N) is 7. The molecule has 4 aromatic rings. The standard InChI is InChI=1S/C31H36F3N7O2/c1-43-29-19-35-26(18-36-29)21-38-9-6-23(7-10-38)24-8-11-41-27(16-24)17-28(37-41)30(42)40-14-12-39(13-15-40)20-22-2-4-25(5-3-22)31(32,33)34/h2-5,8,11,16-19,23,30,42H,6-7,9-10,12-15,20-21H2,1H3. The predicted molar refractivity (Wildman–Crippen MR) is 154 cm³/mol. The molecule has 2 aliphatic heterocycles. The number of aliphatic hydroxyl groups excluding tert-OH is 1. The van der Waals surface area contributed by atoms with Crippen molar-refractivity contribution >= 4 is 5.52 Å². The zero-order valence-corrected chi connectivity index (χ0v) is 24.1. The van der Waals surface area contributed by atoms with Gasteiger partial charge in [0.1, 0.15) is 5.69 Å². The van der Waals surface area contributed by atoms with Crippen molar-refractivity contribution in [1.82, 2.24) is 34.3 Å². The zero-order valence-electron chi connectivity index (χ0n) is 24.1. The summed E-state index contributed by atoms with van der Waals surface area (Å²) in [5.41, 5.74) is 4.01. The molecule has 0 amide bonds. The fourth-order valence-electron chi connectivity index (χ4n) is 6.01. The second-order valence-corrected chi connectivity index (χ2v) is 11.4. The Bertz CT molecular complexity index is 1490. The van der Waals surface area contributed by atoms with E-state index in [9.17, 15) is 18.3 Å². The Kier molecular flexibility index (Phi) is 8.62. The van der Waals surface area contributed by atoms with Crippen LogP contribution in [0.5, 0.6) is 5.88 Å². The number of ether oxygens (including phenoxy) is 1. The lowest BCUT2D eigenvalue weighted by Crippen LogP contribution is -2.47. The number of hydrogen-bond donors (Lipinski definition) is 1. The smallest absolute Gasteiger partial charge is 0.416 e. The van der Waals surface area contributed by atoms with Crippen LogP contribution >= 0.6 is 0 Å². The molecule has 2 saturated heterocycles. The van der Waals surface area contributed by atoms with Gasteiger partial charge in [-0.05, 0) is 73.3 Å². The van der Waals surface area contributed by atoms with E-state index in [2.05, 4.69) is 37.0 Å². The number of piperazine rings is 1. The Labute approximate surface area is 248 Å². The van der Waals surface area contributed by atoms with Gasteiger partial charge < -0.3 is 9.84 Å². The van der Waals surface area contributed by atoms with Crippen LogP contribution in [0.1, 0.15) is 53.1 Å². The van der Waals surface area contributed by atoms with Crippen molar-refractivity contribution in [2.45, 2.75) is 44.3 Å². The lowest BCUT2D eigenvalue weighted by Gasteiger charge is -2.36. The van der Waals surface area contributed by atoms with Crippen molar-refractivity contribution in [3.8, 4) is 5.88 Å². The Balaban J connectivity index is 1.01. The molecule has 9 nitrogen and oxygen atoms in total. The first-order valence-electron chi connectivity index (χ1n) is 14.6. The number of aliphatic hydroxyl groups is 1. The maximum absolute atomic E-state index is 12.8. The van der Waals surface area contributed by atoms with E-state index < -0.39 is 18.0 Å². The maximum atomic E-state index is 12.8. The first kappa shape index (κ1) is 29.5. The second kappa shape index (κ2) is 12.6. The summed E-state index contributed by atoms with van der Waals surface area (Å²) in [6.07, 6.45) is 2.37. The van der Waals surface area contributed by atoms with Gasteiger partial charge in [0.05, 0.1) is 36.3 Å². The van der Waals surface area contributed by atoms with Gasteiger partial charge in [0.25, 0.3) is 0 Å². The number of likely N-dealkylation sites (tertiary alicyclic amines) is 1. The molecule has 2 aliphatic rings. The Morgan fingerprint density at radius 2 is 1.63 bits per heavy atom. The van der Waals surface area contributed by atoms with Crippen molar-refractivity contribution in [3.05, 3.63) is 89.1 Å². The molecule has 5 heterocycles. The molecule has 1 N–H and O–H groups in total. The van der Waals surface area contributed by atoms with Crippen LogP contribution in [0.2, 0.25) is 0 Å². The minimum Gasteiger partial charge on any atom is -0.480 e. The summed E-state index contributed by atoms with van der Waals surface area (Å²) in [5, 5.41) is 15.8. The van der Waals surface area contributed by atoms with Gasteiger partial charge in [0, 0.05) is 45.5 Å². The monoisotopic (exact) mass is 595 g/mol. The first-order chi connectivity index (χ1) is 20.7. The molecule has 0 spiro atoms. The average molecular weight is 596 g/mol. The van der Waals surface area contributed by atoms with E-state index in [1.165, 1.54) is 17.7 Å². The highest BCUT2D eigenvalue weighted by Gasteiger charge is 2.30. The molecular formula is C31H36F3N7O2. The third-order valence-corrected chi connectivity index (χ3v) is 8.55. The van der Waals surface area contributed by atoms with E-state index in [-0.39, 0.29) is 0 Å². The van der Waals surface area contributed by atoms with Gasteiger partial charge in [0.15, 0.2) is 6.23 Å². The van der Waals surface area contributed by atoms with Crippen molar-refractivity contribution in [2.75, 3.05) is 46.4 Å². The van der Waals surface area contributed by atoms with Crippen molar-refractivity contribution < 1.29 is 23.0 Å². The van der Waals surface area contributed by atoms with Crippen molar-refractivity contribution in [3.63, 3.8) is 0 Å². The van der Waals surface area contributed by atoms with E-state index in [0.717, 1.165) is 61.4 Å². The third kappa shape index (κ3) is 6.98. The third-order valence-electron chi connectivity index (χ3n) is 8.55. The molecule has 0 aliphatic carbocycles. The predicted octanol–water partition coefficient (Wildman–Crippen LogP) is 4.34. The summed E-state index contributed by atoms with van der Waals surface area (Å²) < 4.78 is 45.5. The normalized spacial score (nSPS) is 18.7. The van der Waals surface area contributed by atoms with Crippen LogP contribution in [0, 0.1) is 0 Å². The molecule has 6 rings (SSSR count). The van der Waals surface area contributed by atoms with E-state index in [4.69, 9.17) is 4.74 Å². The molecule has 0 radical (unpaired) electrons. The number of hydrogen-bond acceptors (Lipinski definition) is 8. The van der Waals surface area contributed by atoms with Crippen LogP contribution in [-0.4, -0.2) is 85.8 Å². The van der Waals surface area contributed by atoms with Gasteiger partial charge in [-0.2, -0.15) is 18.3 Å². The summed E-state index contributed by atoms with van der Waals surface area (Å²) in [4.78, 5) is 15.3. The van der Waals surface area contributed by atoms with Crippen molar-refractivity contribution in [1.29, 1.82) is 0 Å². The number of pyridine rings is 1. The van der Waals surface area contributed by atoms with E-state index >= 15 is 0 Å². The van der Waals surface area contributed by atoms with Crippen LogP contribution < -0.4 is 4.74 Å². The molecule has 3 aromatic heterocycles. The van der Waals surface area contributed by atoms with Gasteiger partial charge in [-0.1, -0.05) is 12.1 Å². The summed E-state index contributed by atoms with van der Waals surface area (Å²) in [6.45, 7) is 6.01. The van der Waals surface area contributed by atoms with Crippen LogP contribution in [0.25, 0.3) is 5.52 Å². The Morgan fingerprint density at radius 3 is 2.28 bits per heavy atom. The Morgan fingerprint density at radius 1 is 0.907 bits per heavy atom. The van der Waals surface area contributed by atoms with Gasteiger partial charge >= 0.3 is 6.18 Å². The molecule has 1 aromatic carbocycles. The number of rotatable bonds is 8. The highest BCUT2D eigenvalue weighted by Crippen LogP contribution is 2.31. The summed E-state index contributed by atoms with van der Waals surface area (Å²) in [6, 6.07) is 11.6. The summed E-state index contributed by atoms with van der Waals surface area (Å²) >= 11 is 0. The van der Waals surface area contributed by atoms with Crippen LogP contribution in [0.3, 0.4) is 0 Å². The minimum atomic E-state index is -4.33. The van der Waals surface area contributed by atoms with Crippen LogP contribution in [0.15, 0.2) is 61.1 Å².